The maximum absolute atomic E-state index is 12.0. The number of carbonyl (C=O) groups is 1. The smallest absolute Gasteiger partial charge is 0.290 e. The molecule has 0 radical (unpaired) electrons. The first kappa shape index (κ1) is 25.1. The molecule has 2 aliphatic rings. The second-order valence-corrected chi connectivity index (χ2v) is 9.07. The number of aldehydes is 1. The summed E-state index contributed by atoms with van der Waals surface area (Å²) >= 11 is 0. The molecule has 1 aromatic carbocycles. The second-order valence-electron chi connectivity index (χ2n) is 9.07. The topological polar surface area (TPSA) is 63.2 Å². The highest BCUT2D eigenvalue weighted by atomic mass is 16.5. The average molecular weight is 456 g/mol. The zero-order valence-electron chi connectivity index (χ0n) is 20.6. The van der Waals surface area contributed by atoms with Crippen molar-refractivity contribution in [3.63, 3.8) is 0 Å². The summed E-state index contributed by atoms with van der Waals surface area (Å²) in [6.07, 6.45) is 14.3. The number of amidine groups is 1. The first-order valence-corrected chi connectivity index (χ1v) is 12.8. The van der Waals surface area contributed by atoms with Gasteiger partial charge < -0.3 is 19.7 Å². The normalized spacial score (nSPS) is 18.6. The van der Waals surface area contributed by atoms with E-state index in [2.05, 4.69) is 30.1 Å². The first-order chi connectivity index (χ1) is 16.2. The Balaban J connectivity index is 1.82. The molecular formula is C27H41N3O3. The molecule has 0 aromatic heterocycles. The maximum Gasteiger partial charge on any atom is 0.290 e. The molecule has 0 atom stereocenters. The SMILES string of the molecule is CCN(CC)c1ccc(/C=C(\C=O)OC(=NC2CCCCC2)NC2CCCCC2)c(OC)c1. The van der Waals surface area contributed by atoms with E-state index in [9.17, 15) is 4.79 Å². The van der Waals surface area contributed by atoms with E-state index in [0.29, 0.717) is 17.8 Å². The minimum Gasteiger partial charge on any atom is -0.496 e. The van der Waals surface area contributed by atoms with Crippen molar-refractivity contribution in [2.45, 2.75) is 90.1 Å². The van der Waals surface area contributed by atoms with E-state index in [-0.39, 0.29) is 11.8 Å². The monoisotopic (exact) mass is 455 g/mol. The summed E-state index contributed by atoms with van der Waals surface area (Å²) in [6.45, 7) is 6.11. The molecule has 0 saturated heterocycles. The van der Waals surface area contributed by atoms with Gasteiger partial charge >= 0.3 is 0 Å². The number of carbonyl (C=O) groups excluding carboxylic acids is 1. The van der Waals surface area contributed by atoms with Crippen molar-refractivity contribution in [2.75, 3.05) is 25.1 Å². The number of nitrogens with one attached hydrogen (secondary N) is 1. The van der Waals surface area contributed by atoms with E-state index in [0.717, 1.165) is 56.3 Å². The van der Waals surface area contributed by atoms with Gasteiger partial charge in [-0.3, -0.25) is 4.79 Å². The largest absolute Gasteiger partial charge is 0.496 e. The highest BCUT2D eigenvalue weighted by Gasteiger charge is 2.20. The Morgan fingerprint density at radius 2 is 1.73 bits per heavy atom. The van der Waals surface area contributed by atoms with Crippen molar-refractivity contribution >= 4 is 24.1 Å². The lowest BCUT2D eigenvalue weighted by atomic mass is 9.95. The highest BCUT2D eigenvalue weighted by Crippen LogP contribution is 2.28. The number of allylic oxidation sites excluding steroid dienone is 1. The van der Waals surface area contributed by atoms with Crippen LogP contribution in [0.15, 0.2) is 29.0 Å². The summed E-state index contributed by atoms with van der Waals surface area (Å²) in [4.78, 5) is 19.1. The van der Waals surface area contributed by atoms with Crippen LogP contribution in [0.2, 0.25) is 0 Å². The molecule has 0 unspecified atom stereocenters. The quantitative estimate of drug-likeness (QED) is 0.170. The number of hydrogen-bond acceptors (Lipinski definition) is 5. The highest BCUT2D eigenvalue weighted by molar-refractivity contribution is 5.86. The zero-order chi connectivity index (χ0) is 23.5. The van der Waals surface area contributed by atoms with Crippen molar-refractivity contribution in [1.82, 2.24) is 5.32 Å². The molecule has 33 heavy (non-hydrogen) atoms. The van der Waals surface area contributed by atoms with E-state index in [1.165, 1.54) is 38.5 Å². The third kappa shape index (κ3) is 7.51. The number of hydrogen-bond donors (Lipinski definition) is 1. The summed E-state index contributed by atoms with van der Waals surface area (Å²) in [7, 11) is 1.65. The van der Waals surface area contributed by atoms with Crippen molar-refractivity contribution in [1.29, 1.82) is 0 Å². The number of rotatable bonds is 9. The van der Waals surface area contributed by atoms with Crippen molar-refractivity contribution in [3.8, 4) is 5.75 Å². The van der Waals surface area contributed by atoms with Crippen molar-refractivity contribution in [3.05, 3.63) is 29.5 Å². The number of aliphatic imine (C=N–C) groups is 1. The van der Waals surface area contributed by atoms with Gasteiger partial charge in [-0.1, -0.05) is 38.5 Å². The molecule has 1 N–H and O–H groups in total. The molecule has 2 saturated carbocycles. The number of ether oxygens (including phenoxy) is 2. The first-order valence-electron chi connectivity index (χ1n) is 12.8. The molecule has 2 aliphatic carbocycles. The molecule has 6 nitrogen and oxygen atoms in total. The van der Waals surface area contributed by atoms with Crippen LogP contribution in [0.5, 0.6) is 5.75 Å². The standard InChI is InChI=1S/C27H41N3O3/c1-4-30(5-2)24-17-16-21(26(19-24)32-3)18-25(20-31)33-27(28-22-12-8-6-9-13-22)29-23-14-10-7-11-15-23/h16-20,22-23H,4-15H2,1-3H3,(H,28,29)/b25-18+. The average Bonchev–Trinajstić information content (AvgIpc) is 2.86. The van der Waals surface area contributed by atoms with Gasteiger partial charge in [0, 0.05) is 36.4 Å². The summed E-state index contributed by atoms with van der Waals surface area (Å²) < 4.78 is 11.7. The van der Waals surface area contributed by atoms with Crippen LogP contribution in [-0.2, 0) is 9.53 Å². The Kier molecular flexibility index (Phi) is 10.1. The van der Waals surface area contributed by atoms with Crippen LogP contribution in [0, 0.1) is 0 Å². The van der Waals surface area contributed by atoms with Crippen molar-refractivity contribution in [2.24, 2.45) is 4.99 Å². The van der Waals surface area contributed by atoms with E-state index in [1.807, 2.05) is 12.1 Å². The molecule has 182 valence electrons. The fourth-order valence-electron chi connectivity index (χ4n) is 4.85. The molecule has 0 bridgehead atoms. The lowest BCUT2D eigenvalue weighted by molar-refractivity contribution is -0.106. The predicted octanol–water partition coefficient (Wildman–Crippen LogP) is 5.71. The summed E-state index contributed by atoms with van der Waals surface area (Å²) in [5.74, 6) is 0.954. The number of anilines is 1. The van der Waals surface area contributed by atoms with Gasteiger partial charge in [0.1, 0.15) is 5.75 Å². The van der Waals surface area contributed by atoms with Crippen molar-refractivity contribution < 1.29 is 14.3 Å². The van der Waals surface area contributed by atoms with Gasteiger partial charge in [-0.25, -0.2) is 4.99 Å². The molecule has 1 aromatic rings. The van der Waals surface area contributed by atoms with Crippen LogP contribution >= 0.6 is 0 Å². The molecule has 0 spiro atoms. The Hall–Kier alpha value is -2.50. The van der Waals surface area contributed by atoms with Gasteiger partial charge in [-0.15, -0.1) is 0 Å². The van der Waals surface area contributed by atoms with Gasteiger partial charge in [-0.2, -0.15) is 0 Å². The van der Waals surface area contributed by atoms with Crippen LogP contribution in [0.25, 0.3) is 6.08 Å². The predicted molar refractivity (Wildman–Crippen MR) is 136 cm³/mol. The van der Waals surface area contributed by atoms with Gasteiger partial charge in [-0.05, 0) is 57.7 Å². The van der Waals surface area contributed by atoms with E-state index in [4.69, 9.17) is 14.5 Å². The molecule has 6 heteroatoms. The molecule has 2 fully saturated rings. The molecule has 0 amide bonds. The van der Waals surface area contributed by atoms with Gasteiger partial charge in [0.05, 0.1) is 13.2 Å². The van der Waals surface area contributed by atoms with Gasteiger partial charge in [0.15, 0.2) is 12.0 Å². The Labute approximate surface area is 199 Å². The summed E-state index contributed by atoms with van der Waals surface area (Å²) in [5.41, 5.74) is 1.91. The lowest BCUT2D eigenvalue weighted by Crippen LogP contribution is -2.38. The molecule has 0 aliphatic heterocycles. The lowest BCUT2D eigenvalue weighted by Gasteiger charge is -2.26. The Bertz CT molecular complexity index is 805. The van der Waals surface area contributed by atoms with E-state index < -0.39 is 0 Å². The minimum atomic E-state index is 0.238. The summed E-state index contributed by atoms with van der Waals surface area (Å²) in [5, 5.41) is 3.51. The van der Waals surface area contributed by atoms with Crippen LogP contribution < -0.4 is 15.0 Å². The van der Waals surface area contributed by atoms with Crippen LogP contribution in [-0.4, -0.2) is 44.6 Å². The number of methoxy groups -OCH3 is 1. The van der Waals surface area contributed by atoms with Crippen LogP contribution in [0.1, 0.15) is 83.6 Å². The third-order valence-corrected chi connectivity index (χ3v) is 6.78. The fourth-order valence-corrected chi connectivity index (χ4v) is 4.85. The number of benzene rings is 1. The summed E-state index contributed by atoms with van der Waals surface area (Å²) in [6, 6.07) is 7.16. The van der Waals surface area contributed by atoms with E-state index >= 15 is 0 Å². The maximum atomic E-state index is 12.0. The van der Waals surface area contributed by atoms with Gasteiger partial charge in [0.25, 0.3) is 6.02 Å². The zero-order valence-corrected chi connectivity index (χ0v) is 20.6. The number of nitrogens with zero attached hydrogens (tertiary/aromatic N) is 2. The molecular weight excluding hydrogens is 414 g/mol. The van der Waals surface area contributed by atoms with Crippen LogP contribution in [0.4, 0.5) is 5.69 Å². The van der Waals surface area contributed by atoms with Crippen LogP contribution in [0.3, 0.4) is 0 Å². The Morgan fingerprint density at radius 3 is 2.33 bits per heavy atom. The fraction of sp³-hybridized carbons (Fsp3) is 0.630. The Morgan fingerprint density at radius 1 is 1.06 bits per heavy atom. The minimum absolute atomic E-state index is 0.238. The molecule has 3 rings (SSSR count). The van der Waals surface area contributed by atoms with Gasteiger partial charge in [0.2, 0.25) is 0 Å². The second kappa shape index (κ2) is 13.3. The van der Waals surface area contributed by atoms with E-state index in [1.54, 1.807) is 13.2 Å². The third-order valence-electron chi connectivity index (χ3n) is 6.78. The molecule has 0 heterocycles.